The van der Waals surface area contributed by atoms with E-state index in [0.29, 0.717) is 0 Å². The lowest BCUT2D eigenvalue weighted by Gasteiger charge is -2.14. The number of ether oxygens (including phenoxy) is 3. The highest BCUT2D eigenvalue weighted by atomic mass is 35.5. The van der Waals surface area contributed by atoms with Crippen LogP contribution < -0.4 is 4.74 Å². The minimum Gasteiger partial charge on any atom is -0.492 e. The zero-order chi connectivity index (χ0) is 13.7. The molecule has 0 unspecified atom stereocenters. The van der Waals surface area contributed by atoms with Crippen LogP contribution in [0.3, 0.4) is 0 Å². The summed E-state index contributed by atoms with van der Waals surface area (Å²) in [6, 6.07) is 0. The molecular weight excluding hydrogens is 264 g/mol. The molecule has 0 fully saturated rings. The summed E-state index contributed by atoms with van der Waals surface area (Å²) in [5, 5.41) is -0.0136. The number of esters is 2. The van der Waals surface area contributed by atoms with E-state index in [9.17, 15) is 9.59 Å². The highest BCUT2D eigenvalue weighted by Gasteiger charge is 2.35. The van der Waals surface area contributed by atoms with Gasteiger partial charge in [0.2, 0.25) is 0 Å². The van der Waals surface area contributed by atoms with Crippen molar-refractivity contribution in [3.8, 4) is 5.75 Å². The highest BCUT2D eigenvalue weighted by Crippen LogP contribution is 2.31. The average Bonchev–Trinajstić information content (AvgIpc) is 2.38. The van der Waals surface area contributed by atoms with Crippen LogP contribution in [0.2, 0.25) is 5.15 Å². The standard InChI is InChI=1S/C10H11ClN2O5/c1-16-7-6(12-4-13-8(7)11)5(9(14)17-2)10(15)18-3/h4-5H,1-3H3. The number of hydrogen-bond acceptors (Lipinski definition) is 7. The fourth-order valence-corrected chi connectivity index (χ4v) is 1.53. The number of rotatable bonds is 4. The van der Waals surface area contributed by atoms with Crippen molar-refractivity contribution in [3.63, 3.8) is 0 Å². The van der Waals surface area contributed by atoms with Crippen molar-refractivity contribution in [2.75, 3.05) is 21.3 Å². The van der Waals surface area contributed by atoms with Crippen LogP contribution in [-0.4, -0.2) is 43.2 Å². The number of aromatic nitrogens is 2. The molecule has 0 bridgehead atoms. The summed E-state index contributed by atoms with van der Waals surface area (Å²) in [5.41, 5.74) is -0.00352. The number of nitrogens with zero attached hydrogens (tertiary/aromatic N) is 2. The van der Waals surface area contributed by atoms with Crippen LogP contribution in [0.1, 0.15) is 11.6 Å². The Morgan fingerprint density at radius 2 is 1.72 bits per heavy atom. The molecule has 18 heavy (non-hydrogen) atoms. The minimum absolute atomic E-state index is 0.00352. The van der Waals surface area contributed by atoms with E-state index >= 15 is 0 Å². The van der Waals surface area contributed by atoms with Crippen molar-refractivity contribution < 1.29 is 23.8 Å². The zero-order valence-electron chi connectivity index (χ0n) is 9.97. The Morgan fingerprint density at radius 1 is 1.17 bits per heavy atom. The molecule has 0 aliphatic rings. The van der Waals surface area contributed by atoms with Crippen LogP contribution in [0, 0.1) is 0 Å². The van der Waals surface area contributed by atoms with Crippen molar-refractivity contribution in [2.24, 2.45) is 0 Å². The molecule has 1 rings (SSSR count). The molecule has 0 atom stereocenters. The molecule has 1 heterocycles. The van der Waals surface area contributed by atoms with Gasteiger partial charge in [-0.25, -0.2) is 9.97 Å². The van der Waals surface area contributed by atoms with Crippen LogP contribution in [0.5, 0.6) is 5.75 Å². The van der Waals surface area contributed by atoms with E-state index in [2.05, 4.69) is 19.4 Å². The van der Waals surface area contributed by atoms with E-state index in [1.54, 1.807) is 0 Å². The third kappa shape index (κ3) is 2.67. The molecule has 0 amide bonds. The van der Waals surface area contributed by atoms with E-state index in [1.165, 1.54) is 7.11 Å². The van der Waals surface area contributed by atoms with Crippen LogP contribution >= 0.6 is 11.6 Å². The lowest BCUT2D eigenvalue weighted by molar-refractivity contribution is -0.154. The first-order chi connectivity index (χ1) is 8.56. The summed E-state index contributed by atoms with van der Waals surface area (Å²) in [7, 11) is 3.61. The number of carbonyl (C=O) groups excluding carboxylic acids is 2. The number of carbonyl (C=O) groups is 2. The van der Waals surface area contributed by atoms with Gasteiger partial charge in [0.05, 0.1) is 21.3 Å². The Kier molecular flexibility index (Phi) is 4.85. The van der Waals surface area contributed by atoms with Gasteiger partial charge in [0.15, 0.2) is 16.8 Å². The molecule has 1 aromatic heterocycles. The maximum Gasteiger partial charge on any atom is 0.326 e. The first-order valence-corrected chi connectivity index (χ1v) is 5.14. The van der Waals surface area contributed by atoms with Gasteiger partial charge in [-0.1, -0.05) is 11.6 Å². The third-order valence-electron chi connectivity index (χ3n) is 2.14. The number of hydrogen-bond donors (Lipinski definition) is 0. The predicted octanol–water partition coefficient (Wildman–Crippen LogP) is 0.568. The molecule has 0 saturated heterocycles. The van der Waals surface area contributed by atoms with Gasteiger partial charge in [-0.15, -0.1) is 0 Å². The van der Waals surface area contributed by atoms with E-state index in [-0.39, 0.29) is 16.6 Å². The number of halogens is 1. The molecule has 0 spiro atoms. The summed E-state index contributed by atoms with van der Waals surface area (Å²) < 4.78 is 14.0. The molecule has 0 saturated carbocycles. The zero-order valence-corrected chi connectivity index (χ0v) is 10.7. The molecule has 98 valence electrons. The van der Waals surface area contributed by atoms with Crippen molar-refractivity contribution in [2.45, 2.75) is 5.92 Å². The van der Waals surface area contributed by atoms with Gasteiger partial charge in [-0.2, -0.15) is 0 Å². The second-order valence-corrected chi connectivity index (χ2v) is 3.42. The molecule has 0 N–H and O–H groups in total. The summed E-state index contributed by atoms with van der Waals surface area (Å²) in [4.78, 5) is 30.7. The van der Waals surface area contributed by atoms with Crippen molar-refractivity contribution in [3.05, 3.63) is 17.2 Å². The quantitative estimate of drug-likeness (QED) is 0.450. The Labute approximate surface area is 108 Å². The first-order valence-electron chi connectivity index (χ1n) is 4.76. The number of methoxy groups -OCH3 is 3. The summed E-state index contributed by atoms with van der Waals surface area (Å²) >= 11 is 5.79. The van der Waals surface area contributed by atoms with Crippen LogP contribution in [-0.2, 0) is 19.1 Å². The molecule has 1 aromatic rings. The van der Waals surface area contributed by atoms with E-state index in [1.807, 2.05) is 0 Å². The van der Waals surface area contributed by atoms with Gasteiger partial charge < -0.3 is 14.2 Å². The second-order valence-electron chi connectivity index (χ2n) is 3.06. The Bertz CT molecular complexity index is 450. The van der Waals surface area contributed by atoms with Crippen LogP contribution in [0.4, 0.5) is 0 Å². The molecule has 0 radical (unpaired) electrons. The maximum atomic E-state index is 11.6. The van der Waals surface area contributed by atoms with Gasteiger partial charge in [0.25, 0.3) is 0 Å². The normalized spacial score (nSPS) is 10.1. The van der Waals surface area contributed by atoms with Crippen molar-refractivity contribution >= 4 is 23.5 Å². The second kappa shape index (κ2) is 6.15. The Morgan fingerprint density at radius 3 is 2.17 bits per heavy atom. The van der Waals surface area contributed by atoms with Gasteiger partial charge in [0, 0.05) is 0 Å². The van der Waals surface area contributed by atoms with Crippen LogP contribution in [0.25, 0.3) is 0 Å². The summed E-state index contributed by atoms with van der Waals surface area (Å²) in [6.07, 6.45) is 1.11. The van der Waals surface area contributed by atoms with Gasteiger partial charge in [-0.05, 0) is 0 Å². The van der Waals surface area contributed by atoms with Gasteiger partial charge in [-0.3, -0.25) is 9.59 Å². The molecule has 0 aliphatic carbocycles. The van der Waals surface area contributed by atoms with Crippen LogP contribution in [0.15, 0.2) is 6.33 Å². The monoisotopic (exact) mass is 274 g/mol. The fraction of sp³-hybridized carbons (Fsp3) is 0.400. The molecule has 0 aliphatic heterocycles. The van der Waals surface area contributed by atoms with Crippen molar-refractivity contribution in [1.29, 1.82) is 0 Å². The highest BCUT2D eigenvalue weighted by molar-refractivity contribution is 6.31. The molecule has 0 aromatic carbocycles. The SMILES string of the molecule is COC(=O)C(C(=O)OC)c1ncnc(Cl)c1OC. The van der Waals surface area contributed by atoms with E-state index < -0.39 is 17.9 Å². The van der Waals surface area contributed by atoms with Gasteiger partial charge >= 0.3 is 11.9 Å². The molecule has 7 nitrogen and oxygen atoms in total. The lowest BCUT2D eigenvalue weighted by Crippen LogP contribution is -2.26. The fourth-order valence-electron chi connectivity index (χ4n) is 1.31. The average molecular weight is 275 g/mol. The first kappa shape index (κ1) is 14.2. The Balaban J connectivity index is 3.33. The smallest absolute Gasteiger partial charge is 0.326 e. The summed E-state index contributed by atoms with van der Waals surface area (Å²) in [6.45, 7) is 0. The molecule has 8 heteroatoms. The van der Waals surface area contributed by atoms with E-state index in [0.717, 1.165) is 20.5 Å². The largest absolute Gasteiger partial charge is 0.492 e. The predicted molar refractivity (Wildman–Crippen MR) is 60.4 cm³/mol. The van der Waals surface area contributed by atoms with E-state index in [4.69, 9.17) is 16.3 Å². The maximum absolute atomic E-state index is 11.6. The molecular formula is C10H11ClN2O5. The Hall–Kier alpha value is -1.89. The minimum atomic E-state index is -1.37. The van der Waals surface area contributed by atoms with Gasteiger partial charge in [0.1, 0.15) is 12.0 Å². The van der Waals surface area contributed by atoms with Crippen molar-refractivity contribution in [1.82, 2.24) is 9.97 Å². The topological polar surface area (TPSA) is 87.6 Å². The third-order valence-corrected chi connectivity index (χ3v) is 2.41. The summed E-state index contributed by atoms with van der Waals surface area (Å²) in [5.74, 6) is -2.99. The lowest BCUT2D eigenvalue weighted by atomic mass is 10.1.